The number of hydrogen-bond acceptors (Lipinski definition) is 1. The van der Waals surface area contributed by atoms with Gasteiger partial charge in [-0.25, -0.2) is 8.78 Å². The molecule has 1 nitrogen and oxygen atoms in total. The summed E-state index contributed by atoms with van der Waals surface area (Å²) in [5.74, 6) is -1.37. The average Bonchev–Trinajstić information content (AvgIpc) is 2.23. The lowest BCUT2D eigenvalue weighted by Crippen LogP contribution is -2.12. The van der Waals surface area contributed by atoms with E-state index in [4.69, 9.17) is 2.78 Å². The molecule has 1 atom stereocenters. The topological polar surface area (TPSA) is 12.0 Å². The summed E-state index contributed by atoms with van der Waals surface area (Å²) >= 11 is 0. The number of nitrogens with one attached hydrogen (secondary N) is 1. The molecule has 1 aliphatic rings. The van der Waals surface area contributed by atoms with Gasteiger partial charge in [-0.2, -0.15) is 0 Å². The number of hydrogen-bond donors (Lipinski definition) is 1. The number of dihydropyridines is 1. The van der Waals surface area contributed by atoms with Crippen LogP contribution in [0.15, 0.2) is 36.6 Å². The molecular formula is C11H9F2N. The molecule has 0 amide bonds. The van der Waals surface area contributed by atoms with E-state index in [2.05, 4.69) is 0 Å². The minimum absolute atomic E-state index is 0.156. The molecule has 3 heteroatoms. The van der Waals surface area contributed by atoms with Crippen LogP contribution < -0.4 is 5.31 Å². The summed E-state index contributed by atoms with van der Waals surface area (Å²) in [6.07, 6.45) is 4.51. The van der Waals surface area contributed by atoms with Crippen molar-refractivity contribution >= 4 is 5.57 Å². The fourth-order valence-electron chi connectivity index (χ4n) is 1.25. The Bertz CT molecular complexity index is 471. The molecule has 1 aromatic carbocycles. The molecule has 1 unspecified atom stereocenters. The van der Waals surface area contributed by atoms with Crippen molar-refractivity contribution in [2.24, 2.45) is 0 Å². The van der Waals surface area contributed by atoms with Gasteiger partial charge in [0.1, 0.15) is 11.6 Å². The van der Waals surface area contributed by atoms with Crippen LogP contribution in [-0.4, -0.2) is 6.52 Å². The second kappa shape index (κ2) is 3.62. The van der Waals surface area contributed by atoms with Crippen LogP contribution in [0.5, 0.6) is 0 Å². The van der Waals surface area contributed by atoms with E-state index in [9.17, 15) is 8.78 Å². The lowest BCUT2D eigenvalue weighted by molar-refractivity contribution is 0.580. The summed E-state index contributed by atoms with van der Waals surface area (Å²) < 4.78 is 41.3. The van der Waals surface area contributed by atoms with Crippen LogP contribution >= 0.6 is 0 Å². The number of allylic oxidation sites excluding steroid dienone is 2. The summed E-state index contributed by atoms with van der Waals surface area (Å²) in [5.41, 5.74) is 0.498. The Labute approximate surface area is 83.6 Å². The van der Waals surface area contributed by atoms with Gasteiger partial charge in [0, 0.05) is 18.2 Å². The number of halogens is 2. The van der Waals surface area contributed by atoms with Gasteiger partial charge in [-0.3, -0.25) is 0 Å². The van der Waals surface area contributed by atoms with Crippen molar-refractivity contribution in [2.45, 2.75) is 0 Å². The van der Waals surface area contributed by atoms with Gasteiger partial charge in [-0.1, -0.05) is 6.08 Å². The van der Waals surface area contributed by atoms with Gasteiger partial charge >= 0.3 is 0 Å². The quantitative estimate of drug-likeness (QED) is 0.725. The molecule has 0 bridgehead atoms. The first-order valence-electron chi connectivity index (χ1n) is 5.15. The van der Waals surface area contributed by atoms with E-state index < -0.39 is 18.2 Å². The third-order valence-electron chi connectivity index (χ3n) is 1.90. The predicted molar refractivity (Wildman–Crippen MR) is 51.5 cm³/mol. The molecule has 0 saturated carbocycles. The van der Waals surface area contributed by atoms with Gasteiger partial charge in [0.2, 0.25) is 0 Å². The highest BCUT2D eigenvalue weighted by Crippen LogP contribution is 2.19. The molecule has 1 heterocycles. The van der Waals surface area contributed by atoms with Crippen LogP contribution in [0.2, 0.25) is 1.41 Å². The van der Waals surface area contributed by atoms with Crippen molar-refractivity contribution in [3.8, 4) is 0 Å². The van der Waals surface area contributed by atoms with E-state index in [0.717, 1.165) is 17.4 Å². The first-order valence-corrected chi connectivity index (χ1v) is 4.13. The molecule has 0 spiro atoms. The van der Waals surface area contributed by atoms with Crippen molar-refractivity contribution in [1.82, 2.24) is 5.31 Å². The van der Waals surface area contributed by atoms with Crippen molar-refractivity contribution in [1.29, 1.82) is 0 Å². The lowest BCUT2D eigenvalue weighted by atomic mass is 10.0. The van der Waals surface area contributed by atoms with Crippen molar-refractivity contribution in [3.63, 3.8) is 0 Å². The van der Waals surface area contributed by atoms with Crippen LogP contribution in [0, 0.1) is 11.6 Å². The van der Waals surface area contributed by atoms with E-state index in [0.29, 0.717) is 5.57 Å². The highest BCUT2D eigenvalue weighted by Gasteiger charge is 2.08. The maximum absolute atomic E-state index is 13.5. The third-order valence-corrected chi connectivity index (χ3v) is 1.90. The normalized spacial score (nSPS) is 22.9. The highest BCUT2D eigenvalue weighted by molar-refractivity contribution is 5.69. The van der Waals surface area contributed by atoms with Gasteiger partial charge in [0.05, 0.1) is 1.37 Å². The molecule has 1 N–H and O–H groups in total. The third kappa shape index (κ3) is 1.66. The largest absolute Gasteiger partial charge is 0.387 e. The fourth-order valence-corrected chi connectivity index (χ4v) is 1.25. The van der Waals surface area contributed by atoms with Gasteiger partial charge < -0.3 is 5.31 Å². The van der Waals surface area contributed by atoms with Crippen molar-refractivity contribution < 1.29 is 11.6 Å². The highest BCUT2D eigenvalue weighted by atomic mass is 19.1. The van der Waals surface area contributed by atoms with E-state index in [1.807, 2.05) is 0 Å². The molecule has 0 fully saturated rings. The Kier molecular flexibility index (Phi) is 1.75. The Morgan fingerprint density at radius 1 is 1.43 bits per heavy atom. The standard InChI is InChI=1S/C11H9F2N/c12-9-3-4-10(11(13)6-9)8-2-1-5-14-7-8/h1-6,14H,7H2/i7D/hD. The smallest absolute Gasteiger partial charge is 0.160 e. The summed E-state index contributed by atoms with van der Waals surface area (Å²) in [6, 6.07) is 3.19. The maximum atomic E-state index is 13.5. The van der Waals surface area contributed by atoms with Crippen LogP contribution in [0.3, 0.4) is 0 Å². The van der Waals surface area contributed by atoms with Gasteiger partial charge in [-0.15, -0.1) is 0 Å². The Morgan fingerprint density at radius 3 is 3.07 bits per heavy atom. The maximum Gasteiger partial charge on any atom is 0.160 e. The molecular weight excluding hydrogens is 184 g/mol. The zero-order valence-corrected chi connectivity index (χ0v) is 7.24. The zero-order chi connectivity index (χ0) is 11.7. The molecule has 0 aliphatic carbocycles. The minimum Gasteiger partial charge on any atom is -0.387 e. The first kappa shape index (κ1) is 6.76. The van der Waals surface area contributed by atoms with E-state index in [-0.39, 0.29) is 5.56 Å². The molecule has 0 saturated heterocycles. The average molecular weight is 195 g/mol. The fraction of sp³-hybridized carbons (Fsp3) is 0.0909. The van der Waals surface area contributed by atoms with Gasteiger partial charge in [-0.05, 0) is 30.0 Å². The Morgan fingerprint density at radius 2 is 2.29 bits per heavy atom. The van der Waals surface area contributed by atoms with E-state index >= 15 is 0 Å². The molecule has 0 aromatic heterocycles. The van der Waals surface area contributed by atoms with Crippen LogP contribution in [0.25, 0.3) is 5.57 Å². The Hall–Kier alpha value is -1.64. The summed E-state index contributed by atoms with van der Waals surface area (Å²) in [7, 11) is 0. The molecule has 72 valence electrons. The predicted octanol–water partition coefficient (Wildman–Crippen LogP) is 2.47. The van der Waals surface area contributed by atoms with Gasteiger partial charge in [0.15, 0.2) is 1.41 Å². The second-order valence-corrected chi connectivity index (χ2v) is 2.87. The Balaban J connectivity index is 2.44. The second-order valence-electron chi connectivity index (χ2n) is 2.87. The molecule has 0 radical (unpaired) electrons. The van der Waals surface area contributed by atoms with Crippen LogP contribution in [0.4, 0.5) is 8.78 Å². The van der Waals surface area contributed by atoms with E-state index in [1.165, 1.54) is 12.3 Å². The lowest BCUT2D eigenvalue weighted by Gasteiger charge is -2.11. The van der Waals surface area contributed by atoms with Crippen molar-refractivity contribution in [2.75, 3.05) is 6.52 Å². The molecule has 1 aromatic rings. The van der Waals surface area contributed by atoms with E-state index in [1.54, 1.807) is 12.2 Å². The van der Waals surface area contributed by atoms with Crippen molar-refractivity contribution in [3.05, 3.63) is 53.7 Å². The minimum atomic E-state index is -0.995. The summed E-state index contributed by atoms with van der Waals surface area (Å²) in [5, 5.41) is 0.901. The number of rotatable bonds is 1. The zero-order valence-electron chi connectivity index (χ0n) is 9.24. The SMILES string of the molecule is [2H]C1C(c2ccc(F)cc2F)=CC=CN1[2H]. The van der Waals surface area contributed by atoms with Crippen LogP contribution in [-0.2, 0) is 0 Å². The summed E-state index contributed by atoms with van der Waals surface area (Å²) in [6.45, 7) is -0.995. The summed E-state index contributed by atoms with van der Waals surface area (Å²) in [4.78, 5) is 0. The molecule has 2 rings (SSSR count). The van der Waals surface area contributed by atoms with Gasteiger partial charge in [0.25, 0.3) is 0 Å². The molecule has 14 heavy (non-hydrogen) atoms. The molecule has 1 aliphatic heterocycles. The number of benzene rings is 1. The van der Waals surface area contributed by atoms with Crippen LogP contribution in [0.1, 0.15) is 6.93 Å². The first-order chi connectivity index (χ1) is 7.59. The monoisotopic (exact) mass is 195 g/mol.